The molecule has 1 heterocycles. The van der Waals surface area contributed by atoms with Crippen LogP contribution in [0.4, 0.5) is 5.69 Å². The third kappa shape index (κ3) is 4.63. The van der Waals surface area contributed by atoms with Crippen molar-refractivity contribution in [1.29, 1.82) is 0 Å². The number of benzene rings is 2. The fourth-order valence-corrected chi connectivity index (χ4v) is 2.74. The number of carbonyl (C=O) groups excluding carboxylic acids is 2. The Morgan fingerprint density at radius 2 is 2.11 bits per heavy atom. The summed E-state index contributed by atoms with van der Waals surface area (Å²) in [6.07, 6.45) is 0. The first kappa shape index (κ1) is 19.3. The van der Waals surface area contributed by atoms with Crippen molar-refractivity contribution < 1.29 is 28.7 Å². The van der Waals surface area contributed by atoms with Gasteiger partial charge in [-0.2, -0.15) is 0 Å². The number of nitro groups is 1. The molecule has 3 rings (SSSR count). The summed E-state index contributed by atoms with van der Waals surface area (Å²) in [5, 5.41) is 13.6. The van der Waals surface area contributed by atoms with Gasteiger partial charge in [-0.3, -0.25) is 19.7 Å². The SMILES string of the molecule is Cc1cccc(C(=O)NCC(=O)OCc2cc([N+](=O)[O-])cc3c2OCOC3)c1. The number of rotatable bonds is 6. The molecule has 1 amide bonds. The van der Waals surface area contributed by atoms with Crippen molar-refractivity contribution in [2.75, 3.05) is 13.3 Å². The van der Waals surface area contributed by atoms with Crippen LogP contribution in [0.1, 0.15) is 27.0 Å². The second-order valence-electron chi connectivity index (χ2n) is 6.17. The van der Waals surface area contributed by atoms with E-state index in [9.17, 15) is 19.7 Å². The van der Waals surface area contributed by atoms with Crippen molar-refractivity contribution in [3.8, 4) is 5.75 Å². The molecular weight excluding hydrogens is 368 g/mol. The standard InChI is InChI=1S/C19H18N2O7/c1-12-3-2-4-13(5-12)19(23)20-8-17(22)27-10-15-7-16(21(24)25)6-14-9-26-11-28-18(14)15/h2-7H,8-11H2,1H3,(H,20,23). The molecule has 0 bridgehead atoms. The lowest BCUT2D eigenvalue weighted by molar-refractivity contribution is -0.385. The van der Waals surface area contributed by atoms with Gasteiger partial charge in [0.15, 0.2) is 6.79 Å². The van der Waals surface area contributed by atoms with Crippen molar-refractivity contribution in [2.24, 2.45) is 0 Å². The predicted molar refractivity (Wildman–Crippen MR) is 96.7 cm³/mol. The minimum Gasteiger partial charge on any atom is -0.467 e. The minimum atomic E-state index is -0.673. The number of nitrogens with one attached hydrogen (secondary N) is 1. The third-order valence-electron chi connectivity index (χ3n) is 4.04. The lowest BCUT2D eigenvalue weighted by Crippen LogP contribution is -2.30. The highest BCUT2D eigenvalue weighted by Crippen LogP contribution is 2.33. The number of aryl methyl sites for hydroxylation is 1. The minimum absolute atomic E-state index is 0.0122. The predicted octanol–water partition coefficient (Wildman–Crippen LogP) is 2.24. The molecule has 28 heavy (non-hydrogen) atoms. The Morgan fingerprint density at radius 3 is 2.86 bits per heavy atom. The highest BCUT2D eigenvalue weighted by molar-refractivity contribution is 5.96. The van der Waals surface area contributed by atoms with Crippen molar-refractivity contribution in [1.82, 2.24) is 5.32 Å². The molecule has 9 nitrogen and oxygen atoms in total. The maximum atomic E-state index is 12.1. The number of non-ortho nitro benzene ring substituents is 1. The number of fused-ring (bicyclic) bond motifs is 1. The van der Waals surface area contributed by atoms with Gasteiger partial charge in [0.05, 0.1) is 11.5 Å². The van der Waals surface area contributed by atoms with Crippen molar-refractivity contribution in [3.63, 3.8) is 0 Å². The number of hydrogen-bond acceptors (Lipinski definition) is 7. The average Bonchev–Trinajstić information content (AvgIpc) is 2.69. The Bertz CT molecular complexity index is 926. The Kier molecular flexibility index (Phi) is 5.85. The third-order valence-corrected chi connectivity index (χ3v) is 4.04. The molecule has 0 spiro atoms. The summed E-state index contributed by atoms with van der Waals surface area (Å²) in [5.74, 6) is -0.657. The molecule has 1 aliphatic heterocycles. The van der Waals surface area contributed by atoms with Crippen molar-refractivity contribution in [3.05, 3.63) is 68.8 Å². The van der Waals surface area contributed by atoms with E-state index in [-0.39, 0.29) is 32.2 Å². The molecular formula is C19H18N2O7. The van der Waals surface area contributed by atoms with Gasteiger partial charge in [0.2, 0.25) is 0 Å². The number of esters is 1. The van der Waals surface area contributed by atoms with Gasteiger partial charge in [0.1, 0.15) is 18.9 Å². The first-order valence-electron chi connectivity index (χ1n) is 8.45. The molecule has 2 aromatic carbocycles. The smallest absolute Gasteiger partial charge is 0.325 e. The van der Waals surface area contributed by atoms with Gasteiger partial charge in [0.25, 0.3) is 11.6 Å². The van der Waals surface area contributed by atoms with Crippen LogP contribution in [-0.2, 0) is 27.5 Å². The maximum absolute atomic E-state index is 12.1. The van der Waals surface area contributed by atoms with E-state index in [0.717, 1.165) is 5.56 Å². The van der Waals surface area contributed by atoms with E-state index < -0.39 is 16.8 Å². The summed E-state index contributed by atoms with van der Waals surface area (Å²) in [7, 11) is 0. The molecule has 146 valence electrons. The van der Waals surface area contributed by atoms with E-state index in [1.165, 1.54) is 12.1 Å². The van der Waals surface area contributed by atoms with E-state index in [1.807, 2.05) is 13.0 Å². The van der Waals surface area contributed by atoms with Gasteiger partial charge in [-0.05, 0) is 19.1 Å². The summed E-state index contributed by atoms with van der Waals surface area (Å²) < 4.78 is 15.7. The summed E-state index contributed by atoms with van der Waals surface area (Å²) in [4.78, 5) is 34.6. The summed E-state index contributed by atoms with van der Waals surface area (Å²) >= 11 is 0. The normalized spacial score (nSPS) is 12.5. The van der Waals surface area contributed by atoms with Gasteiger partial charge in [-0.1, -0.05) is 17.7 Å². The molecule has 0 saturated carbocycles. The highest BCUT2D eigenvalue weighted by Gasteiger charge is 2.22. The van der Waals surface area contributed by atoms with Gasteiger partial charge in [-0.15, -0.1) is 0 Å². The molecule has 0 atom stereocenters. The molecule has 1 aliphatic rings. The first-order valence-corrected chi connectivity index (χ1v) is 8.45. The monoisotopic (exact) mass is 386 g/mol. The Hall–Kier alpha value is -3.46. The van der Waals surface area contributed by atoms with Gasteiger partial charge in [0, 0.05) is 28.8 Å². The average molecular weight is 386 g/mol. The van der Waals surface area contributed by atoms with Crippen LogP contribution >= 0.6 is 0 Å². The lowest BCUT2D eigenvalue weighted by atomic mass is 10.1. The molecule has 1 N–H and O–H groups in total. The number of nitrogens with zero attached hydrogens (tertiary/aromatic N) is 1. The second-order valence-corrected chi connectivity index (χ2v) is 6.17. The van der Waals surface area contributed by atoms with Crippen molar-refractivity contribution >= 4 is 17.6 Å². The van der Waals surface area contributed by atoms with Crippen LogP contribution < -0.4 is 10.1 Å². The van der Waals surface area contributed by atoms with Crippen molar-refractivity contribution in [2.45, 2.75) is 20.1 Å². The Morgan fingerprint density at radius 1 is 1.29 bits per heavy atom. The molecule has 0 aromatic heterocycles. The molecule has 2 aromatic rings. The van der Waals surface area contributed by atoms with Gasteiger partial charge >= 0.3 is 5.97 Å². The fraction of sp³-hybridized carbons (Fsp3) is 0.263. The number of ether oxygens (including phenoxy) is 3. The Labute approximate surface area is 160 Å². The van der Waals surface area contributed by atoms with Crippen LogP contribution in [0.25, 0.3) is 0 Å². The lowest BCUT2D eigenvalue weighted by Gasteiger charge is -2.20. The first-order chi connectivity index (χ1) is 13.4. The van der Waals surface area contributed by atoms with Gasteiger partial charge < -0.3 is 19.5 Å². The number of carbonyl (C=O) groups is 2. The van der Waals surface area contributed by atoms with Crippen LogP contribution in [0.5, 0.6) is 5.75 Å². The van der Waals surface area contributed by atoms with Crippen LogP contribution in [0.15, 0.2) is 36.4 Å². The maximum Gasteiger partial charge on any atom is 0.325 e. The van der Waals surface area contributed by atoms with E-state index in [4.69, 9.17) is 14.2 Å². The van der Waals surface area contributed by atoms with Crippen LogP contribution in [0.2, 0.25) is 0 Å². The number of amides is 1. The van der Waals surface area contributed by atoms with E-state index in [2.05, 4.69) is 5.32 Å². The zero-order valence-electron chi connectivity index (χ0n) is 15.1. The topological polar surface area (TPSA) is 117 Å². The number of nitro benzene ring substituents is 1. The van der Waals surface area contributed by atoms with E-state index >= 15 is 0 Å². The quantitative estimate of drug-likeness (QED) is 0.460. The zero-order chi connectivity index (χ0) is 20.1. The molecule has 0 saturated heterocycles. The summed E-state index contributed by atoms with van der Waals surface area (Å²) in [6.45, 7) is 1.50. The largest absolute Gasteiger partial charge is 0.467 e. The van der Waals surface area contributed by atoms with Gasteiger partial charge in [-0.25, -0.2) is 0 Å². The van der Waals surface area contributed by atoms with Crippen LogP contribution in [0, 0.1) is 17.0 Å². The molecule has 0 aliphatic carbocycles. The number of hydrogen-bond donors (Lipinski definition) is 1. The molecule has 0 radical (unpaired) electrons. The summed E-state index contributed by atoms with van der Waals surface area (Å²) in [5.41, 5.74) is 2.10. The zero-order valence-corrected chi connectivity index (χ0v) is 15.1. The van der Waals surface area contributed by atoms with Crippen LogP contribution in [0.3, 0.4) is 0 Å². The second kappa shape index (κ2) is 8.49. The molecule has 0 fully saturated rings. The van der Waals surface area contributed by atoms with E-state index in [0.29, 0.717) is 22.4 Å². The fourth-order valence-electron chi connectivity index (χ4n) is 2.74. The highest BCUT2D eigenvalue weighted by atomic mass is 16.7. The van der Waals surface area contributed by atoms with Crippen LogP contribution in [-0.4, -0.2) is 30.1 Å². The molecule has 0 unspecified atom stereocenters. The Balaban J connectivity index is 1.60. The van der Waals surface area contributed by atoms with E-state index in [1.54, 1.807) is 18.2 Å². The summed E-state index contributed by atoms with van der Waals surface area (Å²) in [6, 6.07) is 9.61. The molecule has 9 heteroatoms.